The molecule has 0 bridgehead atoms. The van der Waals surface area contributed by atoms with Gasteiger partial charge in [-0.2, -0.15) is 0 Å². The van der Waals surface area contributed by atoms with E-state index in [4.69, 9.17) is 4.74 Å². The molecule has 0 radical (unpaired) electrons. The van der Waals surface area contributed by atoms with Gasteiger partial charge in [0.15, 0.2) is 0 Å². The molecule has 2 fully saturated rings. The zero-order chi connectivity index (χ0) is 14.6. The van der Waals surface area contributed by atoms with Gasteiger partial charge in [0.25, 0.3) is 0 Å². The third kappa shape index (κ3) is 3.53. The molecule has 0 aromatic heterocycles. The Hall–Kier alpha value is -0.610. The number of hydrogen-bond donors (Lipinski definition) is 1. The van der Waals surface area contributed by atoms with Crippen LogP contribution < -0.4 is 5.32 Å². The summed E-state index contributed by atoms with van der Waals surface area (Å²) in [6, 6.07) is 0. The molecule has 20 heavy (non-hydrogen) atoms. The zero-order valence-electron chi connectivity index (χ0n) is 13.3. The molecule has 0 atom stereocenters. The van der Waals surface area contributed by atoms with Crippen molar-refractivity contribution < 1.29 is 9.53 Å². The summed E-state index contributed by atoms with van der Waals surface area (Å²) >= 11 is 0. The summed E-state index contributed by atoms with van der Waals surface area (Å²) in [5, 5.41) is 3.24. The second-order valence-electron chi connectivity index (χ2n) is 7.19. The lowest BCUT2D eigenvalue weighted by atomic mass is 9.79. The first-order valence-corrected chi connectivity index (χ1v) is 7.96. The maximum absolute atomic E-state index is 12.6. The number of piperidine rings is 1. The normalized spacial score (nSPS) is 25.6. The van der Waals surface area contributed by atoms with Crippen LogP contribution in [-0.4, -0.2) is 51.2 Å². The first kappa shape index (κ1) is 15.8. The maximum atomic E-state index is 12.6. The molecule has 116 valence electrons. The van der Waals surface area contributed by atoms with Gasteiger partial charge in [0.2, 0.25) is 5.91 Å². The van der Waals surface area contributed by atoms with E-state index in [1.54, 1.807) is 7.11 Å². The number of likely N-dealkylation sites (tertiary alicyclic amines) is 1. The number of carbonyl (C=O) groups excluding carboxylic acids is 1. The van der Waals surface area contributed by atoms with Crippen molar-refractivity contribution >= 4 is 5.91 Å². The Morgan fingerprint density at radius 1 is 1.20 bits per heavy atom. The van der Waals surface area contributed by atoms with E-state index in [0.29, 0.717) is 0 Å². The van der Waals surface area contributed by atoms with E-state index < -0.39 is 0 Å². The second kappa shape index (κ2) is 6.44. The summed E-state index contributed by atoms with van der Waals surface area (Å²) in [4.78, 5) is 14.9. The quantitative estimate of drug-likeness (QED) is 0.839. The molecule has 1 amide bonds. The van der Waals surface area contributed by atoms with Crippen LogP contribution in [0.3, 0.4) is 0 Å². The molecule has 0 unspecified atom stereocenters. The molecule has 1 N–H and O–H groups in total. The number of hydrogen-bond acceptors (Lipinski definition) is 3. The molecule has 0 spiro atoms. The Labute approximate surface area is 123 Å². The number of rotatable bonds is 5. The lowest BCUT2D eigenvalue weighted by molar-refractivity contribution is -0.133. The third-order valence-electron chi connectivity index (χ3n) is 5.38. The second-order valence-corrected chi connectivity index (χ2v) is 7.19. The predicted molar refractivity (Wildman–Crippen MR) is 80.6 cm³/mol. The van der Waals surface area contributed by atoms with Gasteiger partial charge >= 0.3 is 0 Å². The minimum absolute atomic E-state index is 0.181. The topological polar surface area (TPSA) is 41.6 Å². The highest BCUT2D eigenvalue weighted by atomic mass is 16.5. The minimum atomic E-state index is -0.181. The highest BCUT2D eigenvalue weighted by Crippen LogP contribution is 2.38. The molecule has 0 aromatic rings. The molecular weight excluding hydrogens is 252 g/mol. The minimum Gasteiger partial charge on any atom is -0.384 e. The van der Waals surface area contributed by atoms with E-state index in [0.717, 1.165) is 39.1 Å². The van der Waals surface area contributed by atoms with E-state index in [2.05, 4.69) is 24.2 Å². The Balaban J connectivity index is 1.87. The van der Waals surface area contributed by atoms with Crippen molar-refractivity contribution in [2.75, 3.05) is 40.4 Å². The fraction of sp³-hybridized carbons (Fsp3) is 0.938. The van der Waals surface area contributed by atoms with Crippen molar-refractivity contribution in [1.29, 1.82) is 0 Å². The van der Waals surface area contributed by atoms with Crippen LogP contribution in [0, 0.1) is 10.8 Å². The zero-order valence-corrected chi connectivity index (χ0v) is 13.3. The Bertz CT molecular complexity index is 329. The van der Waals surface area contributed by atoms with Crippen molar-refractivity contribution in [3.8, 4) is 0 Å². The van der Waals surface area contributed by atoms with Gasteiger partial charge in [-0.3, -0.25) is 4.79 Å². The summed E-state index contributed by atoms with van der Waals surface area (Å²) in [5.41, 5.74) is 0.00556. The average molecular weight is 282 g/mol. The van der Waals surface area contributed by atoms with Crippen molar-refractivity contribution in [3.05, 3.63) is 0 Å². The Kier molecular flexibility index (Phi) is 5.08. The number of nitrogens with one attached hydrogen (secondary N) is 1. The van der Waals surface area contributed by atoms with Crippen molar-refractivity contribution in [2.45, 2.75) is 45.4 Å². The summed E-state index contributed by atoms with van der Waals surface area (Å²) in [7, 11) is 3.89. The van der Waals surface area contributed by atoms with Crippen LogP contribution in [-0.2, 0) is 9.53 Å². The molecule has 4 heteroatoms. The number of nitrogens with zero attached hydrogens (tertiary/aromatic N) is 1. The van der Waals surface area contributed by atoms with E-state index in [1.807, 2.05) is 0 Å². The smallest absolute Gasteiger partial charge is 0.226 e. The van der Waals surface area contributed by atoms with E-state index in [-0.39, 0.29) is 16.7 Å². The first-order chi connectivity index (χ1) is 9.50. The van der Waals surface area contributed by atoms with E-state index >= 15 is 0 Å². The third-order valence-corrected chi connectivity index (χ3v) is 5.38. The van der Waals surface area contributed by atoms with Gasteiger partial charge < -0.3 is 15.0 Å². The number of carbonyl (C=O) groups is 1. The summed E-state index contributed by atoms with van der Waals surface area (Å²) in [6.07, 6.45) is 6.82. The molecule has 1 heterocycles. The van der Waals surface area contributed by atoms with Crippen molar-refractivity contribution in [2.24, 2.45) is 10.8 Å². The first-order valence-electron chi connectivity index (χ1n) is 7.96. The molecule has 0 aromatic carbocycles. The van der Waals surface area contributed by atoms with Crippen LogP contribution in [0.25, 0.3) is 0 Å². The highest BCUT2D eigenvalue weighted by Gasteiger charge is 2.39. The average Bonchev–Trinajstić information content (AvgIpc) is 2.89. The summed E-state index contributed by atoms with van der Waals surface area (Å²) in [6.45, 7) is 5.71. The van der Waals surface area contributed by atoms with Crippen LogP contribution in [0.2, 0.25) is 0 Å². The van der Waals surface area contributed by atoms with Crippen LogP contribution >= 0.6 is 0 Å². The van der Waals surface area contributed by atoms with Crippen molar-refractivity contribution in [3.63, 3.8) is 0 Å². The monoisotopic (exact) mass is 282 g/mol. The number of amides is 1. The molecule has 1 aliphatic heterocycles. The van der Waals surface area contributed by atoms with Gasteiger partial charge in [0.05, 0.1) is 6.61 Å². The number of methoxy groups -OCH3 is 1. The predicted octanol–water partition coefficient (Wildman–Crippen LogP) is 2.04. The molecular formula is C16H30N2O2. The summed E-state index contributed by atoms with van der Waals surface area (Å²) < 4.78 is 5.39. The lowest BCUT2D eigenvalue weighted by Crippen LogP contribution is -2.49. The largest absolute Gasteiger partial charge is 0.384 e. The van der Waals surface area contributed by atoms with Crippen LogP contribution in [0.5, 0.6) is 0 Å². The highest BCUT2D eigenvalue weighted by molar-refractivity contribution is 5.82. The Morgan fingerprint density at radius 2 is 1.80 bits per heavy atom. The molecule has 1 aliphatic carbocycles. The fourth-order valence-corrected chi connectivity index (χ4v) is 3.62. The molecule has 2 rings (SSSR count). The van der Waals surface area contributed by atoms with Crippen molar-refractivity contribution in [1.82, 2.24) is 10.2 Å². The SMILES string of the molecule is COCC1(CNC(=O)C2(C)CCN(C)CC2)CCCC1. The lowest BCUT2D eigenvalue weighted by Gasteiger charge is -2.38. The molecule has 2 aliphatic rings. The molecule has 1 saturated heterocycles. The van der Waals surface area contributed by atoms with Gasteiger partial charge in [0, 0.05) is 24.5 Å². The van der Waals surface area contributed by atoms with Gasteiger partial charge in [-0.05, 0) is 45.8 Å². The molecule has 1 saturated carbocycles. The van der Waals surface area contributed by atoms with Crippen LogP contribution in [0.15, 0.2) is 0 Å². The maximum Gasteiger partial charge on any atom is 0.226 e. The summed E-state index contributed by atoms with van der Waals surface area (Å²) in [5.74, 6) is 0.243. The van der Waals surface area contributed by atoms with Crippen LogP contribution in [0.1, 0.15) is 45.4 Å². The van der Waals surface area contributed by atoms with Gasteiger partial charge in [-0.15, -0.1) is 0 Å². The van der Waals surface area contributed by atoms with Gasteiger partial charge in [-0.25, -0.2) is 0 Å². The van der Waals surface area contributed by atoms with E-state index in [1.165, 1.54) is 25.7 Å². The number of ether oxygens (including phenoxy) is 1. The Morgan fingerprint density at radius 3 is 2.35 bits per heavy atom. The van der Waals surface area contributed by atoms with Crippen LogP contribution in [0.4, 0.5) is 0 Å². The van der Waals surface area contributed by atoms with Gasteiger partial charge in [0.1, 0.15) is 0 Å². The van der Waals surface area contributed by atoms with E-state index in [9.17, 15) is 4.79 Å². The fourth-order valence-electron chi connectivity index (χ4n) is 3.62. The molecule has 4 nitrogen and oxygen atoms in total. The van der Waals surface area contributed by atoms with Gasteiger partial charge in [-0.1, -0.05) is 19.8 Å². The standard InChI is InChI=1S/C16H30N2O2/c1-15(8-10-18(2)11-9-15)14(19)17-12-16(13-20-3)6-4-5-7-16/h4-13H2,1-3H3,(H,17,19).